The lowest BCUT2D eigenvalue weighted by atomic mass is 10.1. The van der Waals surface area contributed by atoms with E-state index in [-0.39, 0.29) is 0 Å². The highest BCUT2D eigenvalue weighted by molar-refractivity contribution is 9.10. The summed E-state index contributed by atoms with van der Waals surface area (Å²) < 4.78 is 0.918. The highest BCUT2D eigenvalue weighted by Gasteiger charge is 2.10. The molecule has 0 spiro atoms. The molecule has 0 bridgehead atoms. The molecule has 2 aromatic rings. The molecule has 21 heavy (non-hydrogen) atoms. The van der Waals surface area contributed by atoms with E-state index in [2.05, 4.69) is 34.2 Å². The summed E-state index contributed by atoms with van der Waals surface area (Å²) in [6, 6.07) is 11.9. The first-order valence-corrected chi connectivity index (χ1v) is 8.61. The minimum atomic E-state index is 0.660. The first-order valence-electron chi connectivity index (χ1n) is 6.45. The van der Waals surface area contributed by atoms with Gasteiger partial charge < -0.3 is 5.32 Å². The first-order chi connectivity index (χ1) is 10.1. The second-order valence-electron chi connectivity index (χ2n) is 4.43. The van der Waals surface area contributed by atoms with Crippen molar-refractivity contribution in [3.8, 4) is 6.07 Å². The highest BCUT2D eigenvalue weighted by Crippen LogP contribution is 2.34. The number of nitriles is 1. The number of nitrogens with one attached hydrogen (secondary N) is 1. The number of rotatable bonds is 4. The molecule has 0 saturated carbocycles. The number of anilines is 2. The highest BCUT2D eigenvalue weighted by atomic mass is 79.9. The second kappa shape index (κ2) is 7.22. The van der Waals surface area contributed by atoms with Crippen LogP contribution in [-0.2, 0) is 0 Å². The molecule has 0 saturated heterocycles. The topological polar surface area (TPSA) is 35.8 Å². The molecule has 0 radical (unpaired) electrons. The predicted octanol–water partition coefficient (Wildman–Crippen LogP) is 6.14. The van der Waals surface area contributed by atoms with E-state index in [9.17, 15) is 5.26 Å². The fourth-order valence-electron chi connectivity index (χ4n) is 1.91. The largest absolute Gasteiger partial charge is 0.353 e. The smallest absolute Gasteiger partial charge is 0.103 e. The molecule has 2 nitrogen and oxygen atoms in total. The Hall–Kier alpha value is -1.15. The van der Waals surface area contributed by atoms with Crippen LogP contribution in [0.1, 0.15) is 18.1 Å². The Morgan fingerprint density at radius 2 is 2.10 bits per heavy atom. The van der Waals surface area contributed by atoms with Gasteiger partial charge in [0, 0.05) is 14.4 Å². The van der Waals surface area contributed by atoms with E-state index < -0.39 is 0 Å². The summed E-state index contributed by atoms with van der Waals surface area (Å²) in [7, 11) is 0. The van der Waals surface area contributed by atoms with Crippen molar-refractivity contribution in [2.45, 2.75) is 18.7 Å². The maximum Gasteiger partial charge on any atom is 0.103 e. The molecule has 0 amide bonds. The molecule has 0 unspecified atom stereocenters. The SMILES string of the molecule is CCSc1cccc(Nc2cc(Cl)c(C)cc2Br)c1C#N. The molecule has 0 aliphatic heterocycles. The minimum absolute atomic E-state index is 0.660. The molecule has 5 heteroatoms. The number of nitrogens with zero attached hydrogens (tertiary/aromatic N) is 1. The van der Waals surface area contributed by atoms with Crippen LogP contribution in [0.4, 0.5) is 11.4 Å². The van der Waals surface area contributed by atoms with Crippen LogP contribution in [0.5, 0.6) is 0 Å². The van der Waals surface area contributed by atoms with Crippen molar-refractivity contribution in [2.75, 3.05) is 11.1 Å². The van der Waals surface area contributed by atoms with Crippen LogP contribution < -0.4 is 5.32 Å². The van der Waals surface area contributed by atoms with Gasteiger partial charge in [0.1, 0.15) is 6.07 Å². The Labute approximate surface area is 142 Å². The van der Waals surface area contributed by atoms with Gasteiger partial charge in [-0.2, -0.15) is 5.26 Å². The van der Waals surface area contributed by atoms with Gasteiger partial charge in [-0.15, -0.1) is 11.8 Å². The monoisotopic (exact) mass is 380 g/mol. The zero-order valence-electron chi connectivity index (χ0n) is 11.7. The molecule has 1 N–H and O–H groups in total. The molecule has 0 aliphatic carbocycles. The van der Waals surface area contributed by atoms with Gasteiger partial charge >= 0.3 is 0 Å². The van der Waals surface area contributed by atoms with Crippen LogP contribution in [-0.4, -0.2) is 5.75 Å². The number of aryl methyl sites for hydroxylation is 1. The van der Waals surface area contributed by atoms with E-state index >= 15 is 0 Å². The van der Waals surface area contributed by atoms with Crippen molar-refractivity contribution in [3.05, 3.63) is 51.0 Å². The van der Waals surface area contributed by atoms with Crippen LogP contribution >= 0.6 is 39.3 Å². The van der Waals surface area contributed by atoms with Crippen molar-refractivity contribution in [3.63, 3.8) is 0 Å². The molecule has 0 aromatic heterocycles. The Balaban J connectivity index is 2.43. The zero-order chi connectivity index (χ0) is 15.4. The molecule has 0 heterocycles. The summed E-state index contributed by atoms with van der Waals surface area (Å²) in [5, 5.41) is 13.4. The summed E-state index contributed by atoms with van der Waals surface area (Å²) in [6.45, 7) is 4.03. The number of thioether (sulfide) groups is 1. The van der Waals surface area contributed by atoms with Gasteiger partial charge in [-0.25, -0.2) is 0 Å². The van der Waals surface area contributed by atoms with Crippen LogP contribution in [0.15, 0.2) is 39.7 Å². The molecule has 2 aromatic carbocycles. The van der Waals surface area contributed by atoms with Crippen molar-refractivity contribution in [1.82, 2.24) is 0 Å². The summed E-state index contributed by atoms with van der Waals surface area (Å²) in [5.74, 6) is 0.929. The Bertz CT molecular complexity index is 710. The maximum absolute atomic E-state index is 9.43. The molecular formula is C16H14BrClN2S. The summed E-state index contributed by atoms with van der Waals surface area (Å²) in [4.78, 5) is 0.985. The first kappa shape index (κ1) is 16.2. The van der Waals surface area contributed by atoms with E-state index in [4.69, 9.17) is 11.6 Å². The van der Waals surface area contributed by atoms with E-state index in [1.165, 1.54) is 0 Å². The van der Waals surface area contributed by atoms with Crippen LogP contribution in [0.25, 0.3) is 0 Å². The lowest BCUT2D eigenvalue weighted by Gasteiger charge is -2.13. The number of benzene rings is 2. The third-order valence-electron chi connectivity index (χ3n) is 2.96. The average molecular weight is 382 g/mol. The minimum Gasteiger partial charge on any atom is -0.353 e. The summed E-state index contributed by atoms with van der Waals surface area (Å²) in [5.41, 5.74) is 3.30. The molecule has 0 fully saturated rings. The third-order valence-corrected chi connectivity index (χ3v) is 4.96. The lowest BCUT2D eigenvalue weighted by molar-refractivity contribution is 1.34. The van der Waals surface area contributed by atoms with Crippen molar-refractivity contribution < 1.29 is 0 Å². The normalized spacial score (nSPS) is 10.2. The average Bonchev–Trinajstić information content (AvgIpc) is 2.45. The van der Waals surface area contributed by atoms with Gasteiger partial charge in [0.25, 0.3) is 0 Å². The maximum atomic E-state index is 9.43. The fourth-order valence-corrected chi connectivity index (χ4v) is 3.42. The number of halogens is 2. The van der Waals surface area contributed by atoms with Gasteiger partial charge in [0.2, 0.25) is 0 Å². The molecule has 0 aliphatic rings. The Morgan fingerprint density at radius 1 is 1.33 bits per heavy atom. The van der Waals surface area contributed by atoms with E-state index in [1.807, 2.05) is 37.3 Å². The number of hydrogen-bond donors (Lipinski definition) is 1. The van der Waals surface area contributed by atoms with Gasteiger partial charge in [-0.1, -0.05) is 24.6 Å². The van der Waals surface area contributed by atoms with Gasteiger partial charge in [0.05, 0.1) is 16.9 Å². The predicted molar refractivity (Wildman–Crippen MR) is 94.7 cm³/mol. The van der Waals surface area contributed by atoms with Crippen molar-refractivity contribution >= 4 is 50.7 Å². The van der Waals surface area contributed by atoms with Crippen LogP contribution in [0.2, 0.25) is 5.02 Å². The Kier molecular flexibility index (Phi) is 5.58. The summed E-state index contributed by atoms with van der Waals surface area (Å²) >= 11 is 11.4. The standard InChI is InChI=1S/C16H14BrClN2S/c1-3-21-16-6-4-5-14(11(16)9-19)20-15-8-13(18)10(2)7-12(15)17/h4-8,20H,3H2,1-2H3. The van der Waals surface area contributed by atoms with Gasteiger partial charge in [-0.3, -0.25) is 0 Å². The molecule has 2 rings (SSSR count). The Morgan fingerprint density at radius 3 is 2.76 bits per heavy atom. The second-order valence-corrected chi connectivity index (χ2v) is 7.00. The van der Waals surface area contributed by atoms with E-state index in [0.29, 0.717) is 10.6 Å². The molecule has 108 valence electrons. The van der Waals surface area contributed by atoms with E-state index in [1.54, 1.807) is 11.8 Å². The lowest BCUT2D eigenvalue weighted by Crippen LogP contribution is -1.97. The van der Waals surface area contributed by atoms with Gasteiger partial charge in [0.15, 0.2) is 0 Å². The fraction of sp³-hybridized carbons (Fsp3) is 0.188. The third kappa shape index (κ3) is 3.74. The van der Waals surface area contributed by atoms with Crippen molar-refractivity contribution in [2.24, 2.45) is 0 Å². The van der Waals surface area contributed by atoms with Gasteiger partial charge in [-0.05, 0) is 58.4 Å². The summed E-state index contributed by atoms with van der Waals surface area (Å²) in [6.07, 6.45) is 0. The van der Waals surface area contributed by atoms with Crippen LogP contribution in [0, 0.1) is 18.3 Å². The molecule has 0 atom stereocenters. The zero-order valence-corrected chi connectivity index (χ0v) is 14.9. The van der Waals surface area contributed by atoms with Crippen LogP contribution in [0.3, 0.4) is 0 Å². The number of hydrogen-bond acceptors (Lipinski definition) is 3. The van der Waals surface area contributed by atoms with E-state index in [0.717, 1.165) is 32.1 Å². The van der Waals surface area contributed by atoms with Crippen molar-refractivity contribution in [1.29, 1.82) is 5.26 Å². The molecular weight excluding hydrogens is 368 g/mol. The quantitative estimate of drug-likeness (QED) is 0.646.